The first-order valence-corrected chi connectivity index (χ1v) is 23.3. The van der Waals surface area contributed by atoms with Gasteiger partial charge in [-0.3, -0.25) is 0 Å². The van der Waals surface area contributed by atoms with E-state index in [4.69, 9.17) is 4.74 Å². The second kappa shape index (κ2) is 14.1. The molecule has 2 heterocycles. The zero-order chi connectivity index (χ0) is 44.4. The Morgan fingerprint density at radius 3 is 1.69 bits per heavy atom. The summed E-state index contributed by atoms with van der Waals surface area (Å²) in [6.45, 7) is 4.72. The second-order valence-electron chi connectivity index (χ2n) is 18.8. The van der Waals surface area contributed by atoms with Crippen molar-refractivity contribution in [3.8, 4) is 50.6 Å². The fraction of sp³-hybridized carbons (Fsp3) is 0.0625. The molecule has 1 aromatic heterocycles. The van der Waals surface area contributed by atoms with Crippen molar-refractivity contribution in [3.05, 3.63) is 264 Å². The third-order valence-electron chi connectivity index (χ3n) is 15.1. The maximum Gasteiger partial charge on any atom is 0.134 e. The van der Waals surface area contributed by atoms with E-state index in [1.54, 1.807) is 0 Å². The first-order valence-electron chi connectivity index (χ1n) is 23.3. The number of ether oxygens (including phenoxy) is 1. The van der Waals surface area contributed by atoms with Gasteiger partial charge < -0.3 is 14.2 Å². The molecular weight excluding hydrogens is 813 g/mol. The molecule has 0 radical (unpaired) electrons. The summed E-state index contributed by atoms with van der Waals surface area (Å²) >= 11 is 0. The minimum Gasteiger partial charge on any atom is -0.457 e. The second-order valence-corrected chi connectivity index (χ2v) is 18.8. The van der Waals surface area contributed by atoms with Gasteiger partial charge in [0.05, 0.1) is 22.1 Å². The van der Waals surface area contributed by atoms with Gasteiger partial charge in [0, 0.05) is 56.0 Å². The molecule has 10 aromatic carbocycles. The third kappa shape index (κ3) is 5.23. The van der Waals surface area contributed by atoms with E-state index in [1.807, 2.05) is 0 Å². The van der Waals surface area contributed by atoms with E-state index in [-0.39, 0.29) is 5.41 Å². The van der Waals surface area contributed by atoms with Crippen LogP contribution in [-0.4, -0.2) is 4.57 Å². The quantitative estimate of drug-likeness (QED) is 0.172. The van der Waals surface area contributed by atoms with Crippen LogP contribution in [0.5, 0.6) is 11.5 Å². The highest BCUT2D eigenvalue weighted by atomic mass is 16.5. The number of anilines is 3. The van der Waals surface area contributed by atoms with Crippen LogP contribution >= 0.6 is 0 Å². The number of fused-ring (bicyclic) bond motifs is 15. The van der Waals surface area contributed by atoms with Crippen LogP contribution in [0.15, 0.2) is 231 Å². The zero-order valence-corrected chi connectivity index (χ0v) is 37.2. The Morgan fingerprint density at radius 1 is 0.373 bits per heavy atom. The van der Waals surface area contributed by atoms with Crippen molar-refractivity contribution in [1.82, 2.24) is 4.57 Å². The molecule has 0 bridgehead atoms. The molecule has 0 N–H and O–H groups in total. The van der Waals surface area contributed by atoms with Crippen molar-refractivity contribution in [2.45, 2.75) is 24.7 Å². The van der Waals surface area contributed by atoms with Crippen molar-refractivity contribution in [2.75, 3.05) is 4.90 Å². The molecule has 316 valence electrons. The minimum atomic E-state index is -0.536. The van der Waals surface area contributed by atoms with Gasteiger partial charge in [-0.15, -0.1) is 0 Å². The molecule has 3 nitrogen and oxygen atoms in total. The van der Waals surface area contributed by atoms with E-state index in [9.17, 15) is 0 Å². The lowest BCUT2D eigenvalue weighted by atomic mass is 9.66. The molecule has 0 atom stereocenters. The van der Waals surface area contributed by atoms with Gasteiger partial charge in [-0.1, -0.05) is 178 Å². The molecule has 11 aromatic rings. The van der Waals surface area contributed by atoms with Gasteiger partial charge in [-0.05, 0) is 111 Å². The van der Waals surface area contributed by atoms with E-state index < -0.39 is 5.41 Å². The zero-order valence-electron chi connectivity index (χ0n) is 37.2. The van der Waals surface area contributed by atoms with Crippen LogP contribution < -0.4 is 9.64 Å². The smallest absolute Gasteiger partial charge is 0.134 e. The lowest BCUT2D eigenvalue weighted by Gasteiger charge is -2.39. The number of para-hydroxylation sites is 3. The topological polar surface area (TPSA) is 17.4 Å². The molecule has 0 saturated carbocycles. The summed E-state index contributed by atoms with van der Waals surface area (Å²) in [7, 11) is 0. The fourth-order valence-corrected chi connectivity index (χ4v) is 12.1. The lowest BCUT2D eigenvalue weighted by Crippen LogP contribution is -2.32. The molecule has 3 aliphatic rings. The van der Waals surface area contributed by atoms with Gasteiger partial charge >= 0.3 is 0 Å². The summed E-state index contributed by atoms with van der Waals surface area (Å²) in [5.41, 5.74) is 21.2. The van der Waals surface area contributed by atoms with Gasteiger partial charge in [-0.2, -0.15) is 0 Å². The molecule has 67 heavy (non-hydrogen) atoms. The summed E-state index contributed by atoms with van der Waals surface area (Å²) < 4.78 is 9.45. The van der Waals surface area contributed by atoms with Crippen molar-refractivity contribution in [3.63, 3.8) is 0 Å². The predicted octanol–water partition coefficient (Wildman–Crippen LogP) is 16.7. The Bertz CT molecular complexity index is 3770. The highest BCUT2D eigenvalue weighted by molar-refractivity contribution is 6.11. The molecule has 2 aliphatic carbocycles. The van der Waals surface area contributed by atoms with Crippen LogP contribution in [0.1, 0.15) is 47.2 Å². The maximum absolute atomic E-state index is 7.03. The number of benzene rings is 10. The lowest BCUT2D eigenvalue weighted by molar-refractivity contribution is 0.437. The van der Waals surface area contributed by atoms with Gasteiger partial charge in [0.2, 0.25) is 0 Å². The van der Waals surface area contributed by atoms with E-state index in [1.165, 1.54) is 77.5 Å². The van der Waals surface area contributed by atoms with Crippen LogP contribution in [0, 0.1) is 0 Å². The molecule has 0 amide bonds. The van der Waals surface area contributed by atoms with Crippen molar-refractivity contribution in [2.24, 2.45) is 0 Å². The highest BCUT2D eigenvalue weighted by Crippen LogP contribution is 2.63. The maximum atomic E-state index is 7.03. The normalized spacial score (nSPS) is 14.2. The summed E-state index contributed by atoms with van der Waals surface area (Å²) in [6.07, 6.45) is 0. The Balaban J connectivity index is 0.961. The number of hydrogen-bond donors (Lipinski definition) is 0. The van der Waals surface area contributed by atoms with Crippen molar-refractivity contribution < 1.29 is 4.74 Å². The molecule has 0 fully saturated rings. The minimum absolute atomic E-state index is 0.137. The molecule has 0 saturated heterocycles. The Hall–Kier alpha value is -8.40. The molecular formula is C64H44N2O. The first-order chi connectivity index (χ1) is 33.0. The molecule has 14 rings (SSSR count). The monoisotopic (exact) mass is 856 g/mol. The van der Waals surface area contributed by atoms with E-state index in [2.05, 4.69) is 254 Å². The number of hydrogen-bond acceptors (Lipinski definition) is 2. The molecule has 3 heteroatoms. The van der Waals surface area contributed by atoms with Crippen LogP contribution in [-0.2, 0) is 10.8 Å². The average molecular weight is 857 g/mol. The van der Waals surface area contributed by atoms with E-state index >= 15 is 0 Å². The number of rotatable bonds is 5. The van der Waals surface area contributed by atoms with Gasteiger partial charge in [-0.25, -0.2) is 0 Å². The predicted molar refractivity (Wildman–Crippen MR) is 276 cm³/mol. The van der Waals surface area contributed by atoms with Gasteiger partial charge in [0.25, 0.3) is 0 Å². The summed E-state index contributed by atoms with van der Waals surface area (Å²) in [4.78, 5) is 2.44. The van der Waals surface area contributed by atoms with Crippen LogP contribution in [0.25, 0.3) is 60.9 Å². The van der Waals surface area contributed by atoms with E-state index in [0.717, 1.165) is 45.3 Å². The van der Waals surface area contributed by atoms with Crippen LogP contribution in [0.3, 0.4) is 0 Å². The van der Waals surface area contributed by atoms with E-state index in [0.29, 0.717) is 0 Å². The van der Waals surface area contributed by atoms with Gasteiger partial charge in [0.1, 0.15) is 11.5 Å². The largest absolute Gasteiger partial charge is 0.457 e. The Labute approximate surface area is 390 Å². The fourth-order valence-electron chi connectivity index (χ4n) is 12.1. The average Bonchev–Trinajstić information content (AvgIpc) is 3.95. The SMILES string of the molecule is CC1(C)c2ccccc2-c2ccc(N(c3ccc(-n4c5ccccc5c5cc6c(cc54)Oc4ccccc4C64c5ccccc5-c5ccccc54)cc3)c3ccccc3-c3ccccc3)cc21. The standard InChI is InChI=1S/C64H44N2O/c1-63(2)52-25-11-6-21-46(52)49-37-36-44(38-56(49)63)65(58-29-15-9-20-45(58)41-18-4-3-5-19-41)42-32-34-43(35-33-42)66-59-30-16-10-24-50(59)51-39-57-62(40-60(51)66)67-61-31-17-14-28-55(61)64(57)53-26-12-7-22-47(53)48-23-8-13-27-54(48)64/h3-40H,1-2H3. The van der Waals surface area contributed by atoms with Gasteiger partial charge in [0.15, 0.2) is 0 Å². The summed E-state index contributed by atoms with van der Waals surface area (Å²) in [5.74, 6) is 1.77. The van der Waals surface area contributed by atoms with Crippen LogP contribution in [0.4, 0.5) is 17.1 Å². The number of aromatic nitrogens is 1. The van der Waals surface area contributed by atoms with Crippen LogP contribution in [0.2, 0.25) is 0 Å². The Kier molecular flexibility index (Phi) is 7.95. The Morgan fingerprint density at radius 2 is 0.940 bits per heavy atom. The molecule has 1 aliphatic heterocycles. The van der Waals surface area contributed by atoms with Crippen molar-refractivity contribution >= 4 is 38.9 Å². The summed E-state index contributed by atoms with van der Waals surface area (Å²) in [6, 6.07) is 84.7. The third-order valence-corrected chi connectivity index (χ3v) is 15.1. The summed E-state index contributed by atoms with van der Waals surface area (Å²) in [5, 5.41) is 2.40. The highest BCUT2D eigenvalue weighted by Gasteiger charge is 2.51. The molecule has 1 spiro atoms. The number of nitrogens with zero attached hydrogens (tertiary/aromatic N) is 2. The van der Waals surface area contributed by atoms with Crippen molar-refractivity contribution in [1.29, 1.82) is 0 Å². The molecule has 0 unspecified atom stereocenters. The first kappa shape index (κ1) is 37.9.